The van der Waals surface area contributed by atoms with Gasteiger partial charge in [0, 0.05) is 19.8 Å². The molecule has 0 aliphatic heterocycles. The maximum absolute atomic E-state index is 12.5. The van der Waals surface area contributed by atoms with Crippen LogP contribution in [-0.4, -0.2) is 26.1 Å². The minimum absolute atomic E-state index is 0.0791. The van der Waals surface area contributed by atoms with Crippen LogP contribution in [0.1, 0.15) is 22.6 Å². The van der Waals surface area contributed by atoms with Gasteiger partial charge in [-0.15, -0.1) is 0 Å². The van der Waals surface area contributed by atoms with E-state index in [0.717, 1.165) is 16.8 Å². The van der Waals surface area contributed by atoms with Gasteiger partial charge in [-0.25, -0.2) is 0 Å². The lowest BCUT2D eigenvalue weighted by molar-refractivity contribution is -0.171. The van der Waals surface area contributed by atoms with Gasteiger partial charge >= 0.3 is 6.18 Å². The Bertz CT molecular complexity index is 548. The first-order chi connectivity index (χ1) is 9.09. The molecular weight excluding hydrogens is 269 g/mol. The van der Waals surface area contributed by atoms with Gasteiger partial charge in [0.1, 0.15) is 5.92 Å². The number of halogens is 3. The van der Waals surface area contributed by atoms with Gasteiger partial charge in [-0.05, 0) is 30.5 Å². The number of anilines is 1. The van der Waals surface area contributed by atoms with Crippen molar-refractivity contribution in [2.24, 2.45) is 0 Å². The summed E-state index contributed by atoms with van der Waals surface area (Å²) in [6.07, 6.45) is -5.01. The Labute approximate surface area is 115 Å². The van der Waals surface area contributed by atoms with Gasteiger partial charge in [0.15, 0.2) is 0 Å². The van der Waals surface area contributed by atoms with E-state index in [1.165, 1.54) is 18.2 Å². The van der Waals surface area contributed by atoms with Gasteiger partial charge in [-0.2, -0.15) is 18.4 Å². The monoisotopic (exact) mass is 284 g/mol. The normalized spacial score (nSPS) is 12.7. The summed E-state index contributed by atoms with van der Waals surface area (Å²) in [4.78, 5) is 13.1. The van der Waals surface area contributed by atoms with Crippen molar-refractivity contribution in [1.82, 2.24) is 0 Å². The van der Waals surface area contributed by atoms with Crippen molar-refractivity contribution in [3.63, 3.8) is 0 Å². The lowest BCUT2D eigenvalue weighted by Crippen LogP contribution is -2.28. The van der Waals surface area contributed by atoms with Gasteiger partial charge in [0.2, 0.25) is 0 Å². The van der Waals surface area contributed by atoms with Crippen molar-refractivity contribution in [3.05, 3.63) is 28.8 Å². The maximum atomic E-state index is 12.5. The number of benzene rings is 1. The molecule has 1 atom stereocenters. The molecule has 3 nitrogen and oxygen atoms in total. The summed E-state index contributed by atoms with van der Waals surface area (Å²) in [6, 6.07) is 4.36. The number of Topliss-reactive ketones (excluding diaryl/α,β-unsaturated/α-hetero) is 1. The molecule has 0 N–H and O–H groups in total. The highest BCUT2D eigenvalue weighted by Crippen LogP contribution is 2.32. The number of nitriles is 1. The second kappa shape index (κ2) is 5.53. The zero-order valence-electron chi connectivity index (χ0n) is 11.7. The summed E-state index contributed by atoms with van der Waals surface area (Å²) in [7, 11) is 3.63. The average Bonchev–Trinajstić information content (AvgIpc) is 2.26. The third kappa shape index (κ3) is 3.10. The molecule has 0 aliphatic carbocycles. The van der Waals surface area contributed by atoms with Crippen LogP contribution >= 0.6 is 0 Å². The SMILES string of the molecule is Cc1cc(C(C#N)C(=O)C(F)(F)F)cc(C)c1N(C)C. The molecule has 0 saturated carbocycles. The van der Waals surface area contributed by atoms with Gasteiger partial charge in [0.05, 0.1) is 6.07 Å². The van der Waals surface area contributed by atoms with Gasteiger partial charge in [-0.1, -0.05) is 12.1 Å². The van der Waals surface area contributed by atoms with Gasteiger partial charge in [0.25, 0.3) is 5.78 Å². The van der Waals surface area contributed by atoms with E-state index in [2.05, 4.69) is 0 Å². The first kappa shape index (κ1) is 16.0. The van der Waals surface area contributed by atoms with Crippen LogP contribution in [0, 0.1) is 25.2 Å². The highest BCUT2D eigenvalue weighted by molar-refractivity contribution is 5.93. The van der Waals surface area contributed by atoms with Crippen LogP contribution in [0.15, 0.2) is 12.1 Å². The quantitative estimate of drug-likeness (QED) is 0.856. The summed E-state index contributed by atoms with van der Waals surface area (Å²) in [5.74, 6) is -3.85. The Hall–Kier alpha value is -2.03. The number of carbonyl (C=O) groups excluding carboxylic acids is 1. The number of alkyl halides is 3. The zero-order valence-corrected chi connectivity index (χ0v) is 11.7. The lowest BCUT2D eigenvalue weighted by Gasteiger charge is -2.21. The zero-order chi connectivity index (χ0) is 15.7. The van der Waals surface area contributed by atoms with E-state index < -0.39 is 17.9 Å². The largest absolute Gasteiger partial charge is 0.451 e. The number of nitrogens with zero attached hydrogens (tertiary/aromatic N) is 2. The Kier molecular flexibility index (Phi) is 4.43. The Morgan fingerprint density at radius 1 is 1.25 bits per heavy atom. The summed E-state index contributed by atoms with van der Waals surface area (Å²) < 4.78 is 37.4. The van der Waals surface area contributed by atoms with Crippen molar-refractivity contribution in [2.75, 3.05) is 19.0 Å². The summed E-state index contributed by atoms with van der Waals surface area (Å²) >= 11 is 0. The van der Waals surface area contributed by atoms with E-state index >= 15 is 0 Å². The van der Waals surface area contributed by atoms with Crippen molar-refractivity contribution in [1.29, 1.82) is 5.26 Å². The fourth-order valence-electron chi connectivity index (χ4n) is 2.31. The molecule has 6 heteroatoms. The predicted molar refractivity (Wildman–Crippen MR) is 69.7 cm³/mol. The molecule has 0 radical (unpaired) electrons. The van der Waals surface area contributed by atoms with E-state index in [4.69, 9.17) is 5.26 Å². The molecule has 0 aromatic heterocycles. The molecular formula is C14H15F3N2O. The predicted octanol–water partition coefficient (Wildman–Crippen LogP) is 3.11. The fourth-order valence-corrected chi connectivity index (χ4v) is 2.31. The van der Waals surface area contributed by atoms with Crippen LogP contribution < -0.4 is 4.90 Å². The second-order valence-electron chi connectivity index (χ2n) is 4.82. The van der Waals surface area contributed by atoms with Crippen molar-refractivity contribution in [2.45, 2.75) is 25.9 Å². The molecule has 1 unspecified atom stereocenters. The van der Waals surface area contributed by atoms with E-state index in [-0.39, 0.29) is 5.56 Å². The average molecular weight is 284 g/mol. The molecule has 0 bridgehead atoms. The minimum atomic E-state index is -5.01. The summed E-state index contributed by atoms with van der Waals surface area (Å²) in [6.45, 7) is 3.47. The topological polar surface area (TPSA) is 44.1 Å². The molecule has 20 heavy (non-hydrogen) atoms. The smallest absolute Gasteiger partial charge is 0.377 e. The molecule has 1 aromatic rings. The van der Waals surface area contributed by atoms with E-state index in [1.54, 1.807) is 13.8 Å². The molecule has 0 amide bonds. The van der Waals surface area contributed by atoms with Crippen LogP contribution in [-0.2, 0) is 4.79 Å². The molecule has 108 valence electrons. The van der Waals surface area contributed by atoms with Gasteiger partial charge in [-0.3, -0.25) is 4.79 Å². The number of carbonyl (C=O) groups is 1. The van der Waals surface area contributed by atoms with E-state index in [1.807, 2.05) is 19.0 Å². The van der Waals surface area contributed by atoms with Crippen LogP contribution in [0.25, 0.3) is 0 Å². The number of hydrogen-bond acceptors (Lipinski definition) is 3. The number of aryl methyl sites for hydroxylation is 2. The standard InChI is InChI=1S/C14H15F3N2O/c1-8-5-10(6-9(2)12(8)19(3)4)11(7-18)13(20)14(15,16)17/h5-6,11H,1-4H3. The molecule has 0 heterocycles. The number of hydrogen-bond donors (Lipinski definition) is 0. The molecule has 0 aliphatic rings. The third-order valence-corrected chi connectivity index (χ3v) is 2.96. The Morgan fingerprint density at radius 2 is 1.70 bits per heavy atom. The molecule has 0 spiro atoms. The van der Waals surface area contributed by atoms with Crippen molar-refractivity contribution in [3.8, 4) is 6.07 Å². The summed E-state index contributed by atoms with van der Waals surface area (Å²) in [5.41, 5.74) is 2.39. The Morgan fingerprint density at radius 3 is 2.00 bits per heavy atom. The van der Waals surface area contributed by atoms with E-state index in [0.29, 0.717) is 0 Å². The number of rotatable bonds is 3. The molecule has 1 aromatic carbocycles. The summed E-state index contributed by atoms with van der Waals surface area (Å²) in [5, 5.41) is 8.89. The lowest BCUT2D eigenvalue weighted by atomic mass is 9.91. The maximum Gasteiger partial charge on any atom is 0.451 e. The number of ketones is 1. The Balaban J connectivity index is 3.34. The minimum Gasteiger partial charge on any atom is -0.377 e. The highest BCUT2D eigenvalue weighted by Gasteiger charge is 2.44. The van der Waals surface area contributed by atoms with E-state index in [9.17, 15) is 18.0 Å². The van der Waals surface area contributed by atoms with Crippen LogP contribution in [0.2, 0.25) is 0 Å². The van der Waals surface area contributed by atoms with Crippen LogP contribution in [0.3, 0.4) is 0 Å². The molecule has 0 saturated heterocycles. The van der Waals surface area contributed by atoms with Crippen molar-refractivity contribution >= 4 is 11.5 Å². The van der Waals surface area contributed by atoms with Crippen LogP contribution in [0.5, 0.6) is 0 Å². The first-order valence-electron chi connectivity index (χ1n) is 5.88. The highest BCUT2D eigenvalue weighted by atomic mass is 19.4. The molecule has 0 fully saturated rings. The fraction of sp³-hybridized carbons (Fsp3) is 0.429. The van der Waals surface area contributed by atoms with Crippen LogP contribution in [0.4, 0.5) is 18.9 Å². The second-order valence-corrected chi connectivity index (χ2v) is 4.82. The van der Waals surface area contributed by atoms with Crippen molar-refractivity contribution < 1.29 is 18.0 Å². The van der Waals surface area contributed by atoms with Gasteiger partial charge < -0.3 is 4.90 Å². The molecule has 1 rings (SSSR count). The third-order valence-electron chi connectivity index (χ3n) is 2.96. The first-order valence-corrected chi connectivity index (χ1v) is 5.88.